The third-order valence-corrected chi connectivity index (χ3v) is 4.83. The van der Waals surface area contributed by atoms with Crippen molar-refractivity contribution in [2.24, 2.45) is 5.92 Å². The van der Waals surface area contributed by atoms with Gasteiger partial charge < -0.3 is 21.5 Å². The van der Waals surface area contributed by atoms with Gasteiger partial charge in [-0.3, -0.25) is 0 Å². The van der Waals surface area contributed by atoms with Gasteiger partial charge in [0.15, 0.2) is 0 Å². The molecule has 0 aliphatic carbocycles. The van der Waals surface area contributed by atoms with Gasteiger partial charge in [0.25, 0.3) is 0 Å². The van der Waals surface area contributed by atoms with E-state index < -0.39 is 11.7 Å². The SMILES string of the molecule is FC(F)(F)c1ccc(C[N+]23CCC(CC2)CC3)cc1.[Br-]. The highest BCUT2D eigenvalue weighted by atomic mass is 79.9. The Morgan fingerprint density at radius 3 is 1.90 bits per heavy atom. The average molecular weight is 350 g/mol. The van der Waals surface area contributed by atoms with Gasteiger partial charge in [0.05, 0.1) is 25.2 Å². The van der Waals surface area contributed by atoms with Crippen LogP contribution < -0.4 is 17.0 Å². The van der Waals surface area contributed by atoms with Gasteiger partial charge >= 0.3 is 6.18 Å². The number of halogens is 4. The molecular weight excluding hydrogens is 331 g/mol. The summed E-state index contributed by atoms with van der Waals surface area (Å²) in [4.78, 5) is 0. The van der Waals surface area contributed by atoms with E-state index in [9.17, 15) is 13.2 Å². The van der Waals surface area contributed by atoms with Crippen molar-refractivity contribution in [2.75, 3.05) is 19.6 Å². The molecule has 0 unspecified atom stereocenters. The van der Waals surface area contributed by atoms with Crippen LogP contribution >= 0.6 is 0 Å². The normalized spacial score (nSPS) is 29.1. The first-order chi connectivity index (χ1) is 8.97. The van der Waals surface area contributed by atoms with Gasteiger partial charge in [-0.05, 0) is 37.3 Å². The molecule has 20 heavy (non-hydrogen) atoms. The third-order valence-electron chi connectivity index (χ3n) is 4.83. The van der Waals surface area contributed by atoms with Crippen LogP contribution in [0, 0.1) is 5.92 Å². The van der Waals surface area contributed by atoms with Crippen molar-refractivity contribution >= 4 is 0 Å². The highest BCUT2D eigenvalue weighted by Crippen LogP contribution is 2.35. The number of hydrogen-bond donors (Lipinski definition) is 0. The lowest BCUT2D eigenvalue weighted by Crippen LogP contribution is -3.00. The van der Waals surface area contributed by atoms with Gasteiger partial charge in [0, 0.05) is 5.56 Å². The van der Waals surface area contributed by atoms with Crippen LogP contribution in [0.1, 0.15) is 30.4 Å². The number of quaternary nitrogens is 1. The summed E-state index contributed by atoms with van der Waals surface area (Å²) in [6.45, 7) is 4.49. The Bertz CT molecular complexity index is 433. The maximum Gasteiger partial charge on any atom is 0.416 e. The second-order valence-electron chi connectivity index (χ2n) is 6.10. The molecule has 1 nitrogen and oxygen atoms in total. The molecule has 1 aromatic carbocycles. The van der Waals surface area contributed by atoms with Crippen molar-refractivity contribution in [1.29, 1.82) is 0 Å². The molecule has 3 aliphatic heterocycles. The lowest BCUT2D eigenvalue weighted by molar-refractivity contribution is -0.955. The molecule has 1 aromatic rings. The predicted molar refractivity (Wildman–Crippen MR) is 67.4 cm³/mol. The van der Waals surface area contributed by atoms with Crippen LogP contribution in [-0.4, -0.2) is 24.1 Å². The minimum atomic E-state index is -4.23. The second kappa shape index (κ2) is 5.68. The van der Waals surface area contributed by atoms with Crippen LogP contribution in [0.5, 0.6) is 0 Å². The summed E-state index contributed by atoms with van der Waals surface area (Å²) in [5.74, 6) is 0.910. The Kier molecular flexibility index (Phi) is 4.50. The van der Waals surface area contributed by atoms with Crippen LogP contribution in [0.3, 0.4) is 0 Å². The van der Waals surface area contributed by atoms with Gasteiger partial charge in [0.2, 0.25) is 0 Å². The van der Waals surface area contributed by atoms with E-state index in [0.717, 1.165) is 22.5 Å². The van der Waals surface area contributed by atoms with E-state index in [1.54, 1.807) is 12.1 Å². The van der Waals surface area contributed by atoms with Gasteiger partial charge in [-0.2, -0.15) is 13.2 Å². The summed E-state index contributed by atoms with van der Waals surface area (Å²) in [5.41, 5.74) is 0.488. The summed E-state index contributed by atoms with van der Waals surface area (Å²) in [6.07, 6.45) is -0.351. The van der Waals surface area contributed by atoms with E-state index in [4.69, 9.17) is 0 Å². The van der Waals surface area contributed by atoms with Crippen LogP contribution in [0.4, 0.5) is 13.2 Å². The van der Waals surface area contributed by atoms with Gasteiger partial charge in [-0.25, -0.2) is 0 Å². The highest BCUT2D eigenvalue weighted by molar-refractivity contribution is 5.24. The molecule has 0 atom stereocenters. The number of hydrogen-bond acceptors (Lipinski definition) is 0. The van der Waals surface area contributed by atoms with Crippen molar-refractivity contribution < 1.29 is 34.6 Å². The molecule has 0 saturated carbocycles. The van der Waals surface area contributed by atoms with Crippen LogP contribution in [-0.2, 0) is 12.7 Å². The molecular formula is C15H19BrF3N. The molecule has 0 aromatic heterocycles. The highest BCUT2D eigenvalue weighted by Gasteiger charge is 2.39. The summed E-state index contributed by atoms with van der Waals surface area (Å²) < 4.78 is 38.7. The minimum Gasteiger partial charge on any atom is -1.00 e. The fourth-order valence-corrected chi connectivity index (χ4v) is 3.56. The van der Waals surface area contributed by atoms with Crippen LogP contribution in [0.15, 0.2) is 24.3 Å². The Balaban J connectivity index is 0.00000147. The summed E-state index contributed by atoms with van der Waals surface area (Å²) in [7, 11) is 0. The summed E-state index contributed by atoms with van der Waals surface area (Å²) in [5, 5.41) is 0. The zero-order valence-electron chi connectivity index (χ0n) is 11.3. The molecule has 3 fully saturated rings. The molecule has 112 valence electrons. The van der Waals surface area contributed by atoms with Gasteiger partial charge in [-0.1, -0.05) is 12.1 Å². The van der Waals surface area contributed by atoms with Gasteiger partial charge in [0.1, 0.15) is 6.54 Å². The van der Waals surface area contributed by atoms with E-state index in [1.807, 2.05) is 0 Å². The molecule has 0 N–H and O–H groups in total. The molecule has 2 bridgehead atoms. The first-order valence-corrected chi connectivity index (χ1v) is 6.98. The molecule has 0 amide bonds. The van der Waals surface area contributed by atoms with Crippen molar-refractivity contribution in [3.63, 3.8) is 0 Å². The minimum absolute atomic E-state index is 0. The number of piperidine rings is 3. The number of benzene rings is 1. The maximum atomic E-state index is 12.5. The van der Waals surface area contributed by atoms with E-state index >= 15 is 0 Å². The Labute approximate surface area is 128 Å². The molecule has 0 radical (unpaired) electrons. The zero-order chi connectivity index (χ0) is 13.5. The number of alkyl halides is 3. The van der Waals surface area contributed by atoms with E-state index in [1.165, 1.54) is 51.0 Å². The van der Waals surface area contributed by atoms with Crippen LogP contribution in [0.2, 0.25) is 0 Å². The number of fused-ring (bicyclic) bond motifs is 3. The number of nitrogens with zero attached hydrogens (tertiary/aromatic N) is 1. The topological polar surface area (TPSA) is 0 Å². The molecule has 3 heterocycles. The molecule has 3 aliphatic rings. The molecule has 0 spiro atoms. The lowest BCUT2D eigenvalue weighted by atomic mass is 9.85. The maximum absolute atomic E-state index is 12.5. The van der Waals surface area contributed by atoms with E-state index in [0.29, 0.717) is 0 Å². The zero-order valence-corrected chi connectivity index (χ0v) is 12.9. The lowest BCUT2D eigenvalue weighted by Gasteiger charge is -2.49. The standard InChI is InChI=1S/C15H19F3N.BrH/c16-15(17,18)14-3-1-13(2-4-14)11-19-8-5-12(6-9-19)7-10-19;/h1-4,12H,5-11H2;1H/q+1;/p-1. The average Bonchev–Trinajstić information content (AvgIpc) is 2.40. The quantitative estimate of drug-likeness (QED) is 0.694. The van der Waals surface area contributed by atoms with E-state index in [-0.39, 0.29) is 17.0 Å². The third kappa shape index (κ3) is 3.19. The van der Waals surface area contributed by atoms with Crippen molar-refractivity contribution in [1.82, 2.24) is 0 Å². The smallest absolute Gasteiger partial charge is 0.416 e. The summed E-state index contributed by atoms with van der Waals surface area (Å²) in [6, 6.07) is 5.72. The predicted octanol–water partition coefficient (Wildman–Crippen LogP) is 0.840. The molecule has 5 heteroatoms. The fraction of sp³-hybridized carbons (Fsp3) is 0.600. The largest absolute Gasteiger partial charge is 1.00 e. The van der Waals surface area contributed by atoms with Crippen molar-refractivity contribution in [2.45, 2.75) is 32.0 Å². The fourth-order valence-electron chi connectivity index (χ4n) is 3.56. The Hall–Kier alpha value is -0.550. The van der Waals surface area contributed by atoms with Gasteiger partial charge in [-0.15, -0.1) is 0 Å². The second-order valence-corrected chi connectivity index (χ2v) is 6.10. The Morgan fingerprint density at radius 1 is 0.950 bits per heavy atom. The molecule has 4 rings (SSSR count). The molecule has 3 saturated heterocycles. The first kappa shape index (κ1) is 15.8. The number of rotatable bonds is 2. The van der Waals surface area contributed by atoms with Crippen molar-refractivity contribution in [3.8, 4) is 0 Å². The Morgan fingerprint density at radius 2 is 1.45 bits per heavy atom. The van der Waals surface area contributed by atoms with E-state index in [2.05, 4.69) is 0 Å². The first-order valence-electron chi connectivity index (χ1n) is 6.98. The van der Waals surface area contributed by atoms with Crippen LogP contribution in [0.25, 0.3) is 0 Å². The monoisotopic (exact) mass is 349 g/mol. The van der Waals surface area contributed by atoms with Crippen molar-refractivity contribution in [3.05, 3.63) is 35.4 Å². The summed E-state index contributed by atoms with van der Waals surface area (Å²) >= 11 is 0.